The van der Waals surface area contributed by atoms with E-state index in [0.717, 1.165) is 6.07 Å². The summed E-state index contributed by atoms with van der Waals surface area (Å²) in [5.41, 5.74) is -0.494. The number of aromatic nitrogens is 3. The first-order valence-corrected chi connectivity index (χ1v) is 4.06. The van der Waals surface area contributed by atoms with Crippen molar-refractivity contribution < 1.29 is 32.6 Å². The Labute approximate surface area is 102 Å². The minimum absolute atomic E-state index is 0. The number of nitrogens with zero attached hydrogens (tertiary/aromatic N) is 3. The van der Waals surface area contributed by atoms with E-state index in [-0.39, 0.29) is 25.2 Å². The van der Waals surface area contributed by atoms with E-state index in [9.17, 15) is 13.2 Å². The number of hydrogen-bond acceptors (Lipinski definition) is 2. The Hall–Kier alpha value is -1.23. The fraction of sp³-hybridized carbons (Fsp3) is 0.111. The molecule has 0 fully saturated rings. The fourth-order valence-corrected chi connectivity index (χ4v) is 1.07. The van der Waals surface area contributed by atoms with Crippen LogP contribution in [0.4, 0.5) is 13.2 Å². The molecule has 0 atom stereocenters. The predicted octanol–water partition coefficient (Wildman–Crippen LogP) is 2.12. The van der Waals surface area contributed by atoms with Gasteiger partial charge in [-0.2, -0.15) is 13.2 Å². The van der Waals surface area contributed by atoms with Gasteiger partial charge < -0.3 is 10.2 Å². The minimum atomic E-state index is -4.46. The molecule has 0 spiro atoms. The number of alkyl halides is 3. The second kappa shape index (κ2) is 4.74. The molecule has 2 aromatic rings. The molecule has 0 aliphatic rings. The Bertz CT molecular complexity index is 453. The summed E-state index contributed by atoms with van der Waals surface area (Å²) in [5, 5.41) is 6.47. The van der Waals surface area contributed by atoms with Gasteiger partial charge in [0.1, 0.15) is 5.69 Å². The molecule has 0 unspecified atom stereocenters. The average molecular weight is 278 g/mol. The standard InChI is InChI=1S/C9H5F3N3.Zn/c10-9(11,12)8-5-7(14-15-8)6-3-1-2-4-13-6;/h1-5H;/q-1;. The van der Waals surface area contributed by atoms with Gasteiger partial charge in [-0.15, -0.1) is 0 Å². The van der Waals surface area contributed by atoms with E-state index >= 15 is 0 Å². The summed E-state index contributed by atoms with van der Waals surface area (Å²) in [6, 6.07) is 5.79. The zero-order chi connectivity index (χ0) is 10.9. The Morgan fingerprint density at radius 2 is 1.94 bits per heavy atom. The van der Waals surface area contributed by atoms with E-state index < -0.39 is 11.9 Å². The molecule has 0 bridgehead atoms. The smallest absolute Gasteiger partial charge is 0.431 e. The minimum Gasteiger partial charge on any atom is -0.573 e. The van der Waals surface area contributed by atoms with Crippen LogP contribution in [0.15, 0.2) is 30.5 Å². The number of halogens is 3. The monoisotopic (exact) mass is 276 g/mol. The Morgan fingerprint density at radius 3 is 2.44 bits per heavy atom. The number of rotatable bonds is 1. The van der Waals surface area contributed by atoms with Gasteiger partial charge in [0.15, 0.2) is 0 Å². The second-order valence-electron chi connectivity index (χ2n) is 2.83. The molecule has 7 heteroatoms. The van der Waals surface area contributed by atoms with E-state index in [1.807, 2.05) is 0 Å². The molecule has 0 saturated heterocycles. The molecule has 0 aromatic carbocycles. The summed E-state index contributed by atoms with van der Waals surface area (Å²) in [4.78, 5) is 3.87. The topological polar surface area (TPSA) is 39.9 Å². The molecule has 2 heterocycles. The maximum atomic E-state index is 12.2. The molecule has 0 amide bonds. The molecule has 80 valence electrons. The van der Waals surface area contributed by atoms with E-state index in [1.54, 1.807) is 18.2 Å². The van der Waals surface area contributed by atoms with Crippen molar-refractivity contribution >= 4 is 0 Å². The van der Waals surface area contributed by atoms with Crippen LogP contribution < -0.4 is 5.10 Å². The van der Waals surface area contributed by atoms with Crippen LogP contribution in [0.3, 0.4) is 0 Å². The summed E-state index contributed by atoms with van der Waals surface area (Å²) in [6.45, 7) is 0. The Balaban J connectivity index is 0.00000128. The first-order valence-electron chi connectivity index (χ1n) is 4.06. The first-order chi connectivity index (χ1) is 7.07. The molecule has 0 aliphatic heterocycles. The Kier molecular flexibility index (Phi) is 3.80. The molecule has 2 rings (SSSR count). The summed E-state index contributed by atoms with van der Waals surface area (Å²) >= 11 is 0. The van der Waals surface area contributed by atoms with Crippen molar-refractivity contribution in [3.05, 3.63) is 36.2 Å². The summed E-state index contributed by atoms with van der Waals surface area (Å²) in [6.07, 6.45) is -2.97. The molecule has 16 heavy (non-hydrogen) atoms. The van der Waals surface area contributed by atoms with Crippen LogP contribution in [-0.4, -0.2) is 10.1 Å². The van der Waals surface area contributed by atoms with Gasteiger partial charge in [0.05, 0.1) is 0 Å². The van der Waals surface area contributed by atoms with Crippen LogP contribution in [0.25, 0.3) is 11.4 Å². The van der Waals surface area contributed by atoms with Crippen molar-refractivity contribution in [2.45, 2.75) is 6.18 Å². The second-order valence-corrected chi connectivity index (χ2v) is 2.83. The van der Waals surface area contributed by atoms with Crippen molar-refractivity contribution in [1.82, 2.24) is 15.2 Å². The number of hydrogen-bond donors (Lipinski definition) is 0. The first kappa shape index (κ1) is 12.8. The maximum absolute atomic E-state index is 12.2. The maximum Gasteiger partial charge on any atom is 0.431 e. The molecule has 2 aromatic heterocycles. The number of pyridine rings is 1. The largest absolute Gasteiger partial charge is 0.573 e. The third-order valence-electron chi connectivity index (χ3n) is 1.76. The van der Waals surface area contributed by atoms with Gasteiger partial charge in [0.2, 0.25) is 0 Å². The van der Waals surface area contributed by atoms with E-state index in [0.29, 0.717) is 5.69 Å². The van der Waals surface area contributed by atoms with Crippen LogP contribution in [0.2, 0.25) is 0 Å². The van der Waals surface area contributed by atoms with E-state index in [4.69, 9.17) is 0 Å². The third-order valence-corrected chi connectivity index (χ3v) is 1.76. The van der Waals surface area contributed by atoms with Gasteiger partial charge in [0, 0.05) is 31.4 Å². The van der Waals surface area contributed by atoms with Gasteiger partial charge in [0.25, 0.3) is 0 Å². The fourth-order valence-electron chi connectivity index (χ4n) is 1.07. The molecule has 0 saturated carbocycles. The molecule has 3 nitrogen and oxygen atoms in total. The average Bonchev–Trinajstić information content (AvgIpc) is 2.67. The Morgan fingerprint density at radius 1 is 1.19 bits per heavy atom. The van der Waals surface area contributed by atoms with E-state index in [2.05, 4.69) is 15.2 Å². The molecular formula is C9H5F3N3Zn-. The van der Waals surface area contributed by atoms with Gasteiger partial charge in [-0.25, -0.2) is 0 Å². The van der Waals surface area contributed by atoms with Crippen LogP contribution >= 0.6 is 0 Å². The van der Waals surface area contributed by atoms with Crippen molar-refractivity contribution in [3.63, 3.8) is 0 Å². The van der Waals surface area contributed by atoms with Crippen molar-refractivity contribution in [3.8, 4) is 11.4 Å². The van der Waals surface area contributed by atoms with Gasteiger partial charge >= 0.3 is 6.18 Å². The quantitative estimate of drug-likeness (QED) is 0.750. The normalized spacial score (nSPS) is 10.9. The van der Waals surface area contributed by atoms with Crippen LogP contribution in [0.1, 0.15) is 5.69 Å². The van der Waals surface area contributed by atoms with Crippen molar-refractivity contribution in [2.24, 2.45) is 0 Å². The van der Waals surface area contributed by atoms with Crippen LogP contribution in [0, 0.1) is 0 Å². The summed E-state index contributed by atoms with van der Waals surface area (Å²) < 4.78 is 36.6. The SMILES string of the molecule is FC(F)(F)c1cc(-c2ccccn2)[n-]n1.[Zn]. The molecule has 0 radical (unpaired) electrons. The predicted molar refractivity (Wildman–Crippen MR) is 45.8 cm³/mol. The molecule has 0 N–H and O–H groups in total. The van der Waals surface area contributed by atoms with Crippen molar-refractivity contribution in [2.75, 3.05) is 0 Å². The molecular weight excluding hydrogens is 273 g/mol. The zero-order valence-corrected chi connectivity index (χ0v) is 11.0. The third kappa shape index (κ3) is 2.67. The van der Waals surface area contributed by atoms with Gasteiger partial charge in [-0.1, -0.05) is 11.8 Å². The summed E-state index contributed by atoms with van der Waals surface area (Å²) in [7, 11) is 0. The van der Waals surface area contributed by atoms with Gasteiger partial charge in [-0.05, 0) is 18.2 Å². The van der Waals surface area contributed by atoms with E-state index in [1.165, 1.54) is 6.20 Å². The van der Waals surface area contributed by atoms with Crippen LogP contribution in [-0.2, 0) is 25.7 Å². The van der Waals surface area contributed by atoms with Gasteiger partial charge in [-0.3, -0.25) is 4.98 Å². The summed E-state index contributed by atoms with van der Waals surface area (Å²) in [5.74, 6) is 0. The van der Waals surface area contributed by atoms with Crippen LogP contribution in [0.5, 0.6) is 0 Å². The molecule has 0 aliphatic carbocycles. The van der Waals surface area contributed by atoms with Crippen molar-refractivity contribution in [1.29, 1.82) is 0 Å². The zero-order valence-electron chi connectivity index (χ0n) is 8.07.